The summed E-state index contributed by atoms with van der Waals surface area (Å²) in [5.74, 6) is 1.12. The van der Waals surface area contributed by atoms with E-state index in [2.05, 4.69) is 34.4 Å². The Kier molecular flexibility index (Phi) is 7.95. The average Bonchev–Trinajstić information content (AvgIpc) is 3.30. The molecule has 1 saturated heterocycles. The number of ether oxygens (including phenoxy) is 1. The molecule has 1 atom stereocenters. The second-order valence-corrected chi connectivity index (χ2v) is 9.94. The molecule has 9 nitrogen and oxygen atoms in total. The predicted molar refractivity (Wildman–Crippen MR) is 153 cm³/mol. The van der Waals surface area contributed by atoms with Crippen LogP contribution in [0.1, 0.15) is 60.0 Å². The van der Waals surface area contributed by atoms with Crippen LogP contribution in [0.3, 0.4) is 0 Å². The first-order valence-corrected chi connectivity index (χ1v) is 13.8. The van der Waals surface area contributed by atoms with Crippen molar-refractivity contribution in [1.82, 2.24) is 14.7 Å². The molecule has 1 amide bonds. The molecule has 3 heterocycles. The van der Waals surface area contributed by atoms with Crippen LogP contribution in [-0.2, 0) is 18.3 Å². The maximum Gasteiger partial charge on any atom is 0.254 e. The quantitative estimate of drug-likeness (QED) is 0.418. The van der Waals surface area contributed by atoms with Gasteiger partial charge in [-0.15, -0.1) is 0 Å². The molecule has 0 spiro atoms. The molecular weight excluding hydrogens is 492 g/mol. The number of para-hydroxylation sites is 1. The highest BCUT2D eigenvalue weighted by Gasteiger charge is 2.31. The highest BCUT2D eigenvalue weighted by atomic mass is 16.5. The molecule has 2 aliphatic heterocycles. The predicted octanol–water partition coefficient (Wildman–Crippen LogP) is 4.24. The number of hydrogen-bond acceptors (Lipinski definition) is 7. The van der Waals surface area contributed by atoms with Crippen molar-refractivity contribution in [3.05, 3.63) is 71.0 Å². The first-order valence-electron chi connectivity index (χ1n) is 13.8. The first kappa shape index (κ1) is 26.5. The van der Waals surface area contributed by atoms with Gasteiger partial charge in [-0.2, -0.15) is 5.10 Å². The number of nitrogens with one attached hydrogen (secondary N) is 1. The zero-order valence-electron chi connectivity index (χ0n) is 22.9. The van der Waals surface area contributed by atoms with Gasteiger partial charge in [0.15, 0.2) is 12.3 Å². The SMILES string of the molecule is CCCOc1ccc(C(=O)N2CCN(c3ccccc3)CC2)cc1C1=NC(C=O)c2c(c(CCC)nn2C)N1. The lowest BCUT2D eigenvalue weighted by atomic mass is 10.0. The second kappa shape index (κ2) is 11.7. The molecule has 204 valence electrons. The Balaban J connectivity index is 1.43. The molecule has 1 unspecified atom stereocenters. The van der Waals surface area contributed by atoms with Crippen molar-refractivity contribution in [2.24, 2.45) is 12.0 Å². The summed E-state index contributed by atoms with van der Waals surface area (Å²) < 4.78 is 7.79. The number of piperazine rings is 1. The number of aldehydes is 1. The van der Waals surface area contributed by atoms with E-state index in [-0.39, 0.29) is 5.91 Å². The summed E-state index contributed by atoms with van der Waals surface area (Å²) in [6.07, 6.45) is 3.39. The van der Waals surface area contributed by atoms with Crippen molar-refractivity contribution < 1.29 is 14.3 Å². The smallest absolute Gasteiger partial charge is 0.254 e. The highest BCUT2D eigenvalue weighted by molar-refractivity contribution is 6.13. The summed E-state index contributed by atoms with van der Waals surface area (Å²) in [6.45, 7) is 7.52. The van der Waals surface area contributed by atoms with Crippen molar-refractivity contribution >= 4 is 29.4 Å². The van der Waals surface area contributed by atoms with Crippen LogP contribution in [0.25, 0.3) is 0 Å². The Morgan fingerprint density at radius 1 is 1.08 bits per heavy atom. The fourth-order valence-corrected chi connectivity index (χ4v) is 5.24. The van der Waals surface area contributed by atoms with Crippen molar-refractivity contribution in [3.8, 4) is 5.75 Å². The Labute approximate surface area is 229 Å². The number of aryl methyl sites for hydroxylation is 2. The van der Waals surface area contributed by atoms with Crippen LogP contribution in [-0.4, -0.2) is 65.5 Å². The lowest BCUT2D eigenvalue weighted by Crippen LogP contribution is -2.48. The molecule has 1 fully saturated rings. The number of amidine groups is 1. The number of carbonyl (C=O) groups excluding carboxylic acids is 2. The summed E-state index contributed by atoms with van der Waals surface area (Å²) in [5.41, 5.74) is 4.87. The summed E-state index contributed by atoms with van der Waals surface area (Å²) in [5, 5.41) is 8.08. The summed E-state index contributed by atoms with van der Waals surface area (Å²) >= 11 is 0. The molecule has 0 radical (unpaired) electrons. The molecule has 2 aromatic carbocycles. The van der Waals surface area contributed by atoms with Crippen molar-refractivity contribution in [1.29, 1.82) is 0 Å². The van der Waals surface area contributed by atoms with Crippen molar-refractivity contribution in [2.45, 2.75) is 39.2 Å². The van der Waals surface area contributed by atoms with Gasteiger partial charge >= 0.3 is 0 Å². The molecular formula is C30H36N6O3. The maximum absolute atomic E-state index is 13.6. The Morgan fingerprint density at radius 3 is 2.54 bits per heavy atom. The number of anilines is 2. The third-order valence-corrected chi connectivity index (χ3v) is 7.20. The third kappa shape index (κ3) is 5.39. The fraction of sp³-hybridized carbons (Fsp3) is 0.400. The molecule has 9 heteroatoms. The van der Waals surface area contributed by atoms with Crippen LogP contribution in [0.15, 0.2) is 53.5 Å². The monoisotopic (exact) mass is 528 g/mol. The molecule has 1 aromatic heterocycles. The van der Waals surface area contributed by atoms with E-state index in [1.54, 1.807) is 4.68 Å². The molecule has 2 aliphatic rings. The summed E-state index contributed by atoms with van der Waals surface area (Å²) in [6, 6.07) is 15.1. The lowest BCUT2D eigenvalue weighted by molar-refractivity contribution is -0.109. The van der Waals surface area contributed by atoms with Gasteiger partial charge in [-0.1, -0.05) is 38.5 Å². The van der Waals surface area contributed by atoms with Gasteiger partial charge in [0.1, 0.15) is 11.6 Å². The Hall–Kier alpha value is -4.14. The lowest BCUT2D eigenvalue weighted by Gasteiger charge is -2.36. The van der Waals surface area contributed by atoms with Crippen molar-refractivity contribution in [3.63, 3.8) is 0 Å². The molecule has 0 saturated carbocycles. The van der Waals surface area contributed by atoms with Crippen LogP contribution in [0.2, 0.25) is 0 Å². The minimum atomic E-state index is -0.691. The number of hydrogen-bond donors (Lipinski definition) is 1. The molecule has 0 aliphatic carbocycles. The highest BCUT2D eigenvalue weighted by Crippen LogP contribution is 2.35. The zero-order chi connectivity index (χ0) is 27.4. The molecule has 3 aromatic rings. The Bertz CT molecular complexity index is 1360. The maximum atomic E-state index is 13.6. The van der Waals surface area contributed by atoms with Gasteiger partial charge in [0.05, 0.1) is 29.2 Å². The standard InChI is InChI=1S/C30H36N6O3/c1-4-9-24-27-28(34(3)33-24)25(20-37)31-29(32-27)23-19-21(12-13-26(23)39-18-5-2)30(38)36-16-14-35(15-17-36)22-10-7-6-8-11-22/h6-8,10-13,19-20,25H,4-5,9,14-18H2,1-3H3,(H,31,32). The van der Waals surface area contributed by atoms with E-state index in [9.17, 15) is 9.59 Å². The van der Waals surface area contributed by atoms with Gasteiger partial charge in [0, 0.05) is 44.5 Å². The van der Waals surface area contributed by atoms with Crippen LogP contribution < -0.4 is 15.0 Å². The van der Waals surface area contributed by atoms with E-state index in [0.29, 0.717) is 42.4 Å². The van der Waals surface area contributed by atoms with Gasteiger partial charge in [-0.05, 0) is 43.2 Å². The van der Waals surface area contributed by atoms with Crippen LogP contribution in [0.4, 0.5) is 11.4 Å². The summed E-state index contributed by atoms with van der Waals surface area (Å²) in [4.78, 5) is 34.7. The fourth-order valence-electron chi connectivity index (χ4n) is 5.24. The normalized spacial score (nSPS) is 16.8. The minimum absolute atomic E-state index is 0.0249. The number of amides is 1. The number of fused-ring (bicyclic) bond motifs is 1. The third-order valence-electron chi connectivity index (χ3n) is 7.20. The van der Waals surface area contributed by atoms with Gasteiger partial charge in [-0.25, -0.2) is 0 Å². The molecule has 39 heavy (non-hydrogen) atoms. The Morgan fingerprint density at radius 2 is 1.85 bits per heavy atom. The average molecular weight is 529 g/mol. The number of nitrogens with zero attached hydrogens (tertiary/aromatic N) is 5. The van der Waals surface area contributed by atoms with Crippen molar-refractivity contribution in [2.75, 3.05) is 43.0 Å². The largest absolute Gasteiger partial charge is 0.493 e. The minimum Gasteiger partial charge on any atom is -0.493 e. The van der Waals surface area contributed by atoms with Gasteiger partial charge in [0.25, 0.3) is 5.91 Å². The number of aromatic nitrogens is 2. The van der Waals surface area contributed by atoms with Gasteiger partial charge < -0.3 is 24.6 Å². The van der Waals surface area contributed by atoms with E-state index in [4.69, 9.17) is 9.73 Å². The van der Waals surface area contributed by atoms with E-state index in [1.807, 2.05) is 55.3 Å². The van der Waals surface area contributed by atoms with E-state index in [0.717, 1.165) is 55.7 Å². The topological polar surface area (TPSA) is 92.1 Å². The van der Waals surface area contributed by atoms with E-state index < -0.39 is 6.04 Å². The van der Waals surface area contributed by atoms with Crippen LogP contribution in [0.5, 0.6) is 5.75 Å². The molecule has 5 rings (SSSR count). The van der Waals surface area contributed by atoms with Crippen LogP contribution in [0, 0.1) is 0 Å². The summed E-state index contributed by atoms with van der Waals surface area (Å²) in [7, 11) is 1.84. The van der Waals surface area contributed by atoms with E-state index in [1.165, 1.54) is 5.69 Å². The number of rotatable bonds is 9. The number of aliphatic imine (C=N–C) groups is 1. The number of benzene rings is 2. The van der Waals surface area contributed by atoms with Gasteiger partial charge in [-0.3, -0.25) is 14.5 Å². The first-order chi connectivity index (χ1) is 19.0. The van der Waals surface area contributed by atoms with Crippen LogP contribution >= 0.6 is 0 Å². The zero-order valence-corrected chi connectivity index (χ0v) is 22.9. The number of carbonyl (C=O) groups is 2. The second-order valence-electron chi connectivity index (χ2n) is 9.94. The van der Waals surface area contributed by atoms with E-state index >= 15 is 0 Å². The van der Waals surface area contributed by atoms with Gasteiger partial charge in [0.2, 0.25) is 0 Å². The molecule has 1 N–H and O–H groups in total. The molecule has 0 bridgehead atoms.